The number of aromatic nitrogens is 2. The van der Waals surface area contributed by atoms with Crippen LogP contribution >= 0.6 is 11.6 Å². The van der Waals surface area contributed by atoms with Crippen LogP contribution in [-0.2, 0) is 0 Å². The van der Waals surface area contributed by atoms with Crippen molar-refractivity contribution < 1.29 is 9.32 Å². The summed E-state index contributed by atoms with van der Waals surface area (Å²) in [7, 11) is 0. The van der Waals surface area contributed by atoms with E-state index >= 15 is 0 Å². The highest BCUT2D eigenvalue weighted by Crippen LogP contribution is 2.37. The van der Waals surface area contributed by atoms with Crippen LogP contribution in [0.4, 0.5) is 0 Å². The molecule has 4 aromatic rings. The van der Waals surface area contributed by atoms with Gasteiger partial charge in [0.05, 0.1) is 0 Å². The molecule has 31 heavy (non-hydrogen) atoms. The minimum atomic E-state index is -0.225. The van der Waals surface area contributed by atoms with Gasteiger partial charge in [0.25, 0.3) is 5.91 Å². The molecule has 1 aliphatic heterocycles. The molecule has 1 aromatic heterocycles. The van der Waals surface area contributed by atoms with Crippen molar-refractivity contribution in [3.8, 4) is 22.5 Å². The molecule has 1 saturated heterocycles. The lowest BCUT2D eigenvalue weighted by Crippen LogP contribution is -2.45. The lowest BCUT2D eigenvalue weighted by molar-refractivity contribution is 0.0379. The van der Waals surface area contributed by atoms with Crippen molar-refractivity contribution in [1.29, 1.82) is 0 Å². The third-order valence-electron chi connectivity index (χ3n) is 5.76. The van der Waals surface area contributed by atoms with Gasteiger partial charge in [-0.1, -0.05) is 77.4 Å². The molecule has 0 bridgehead atoms. The predicted octanol–water partition coefficient (Wildman–Crippen LogP) is 5.95. The SMILES string of the molecule is Cc1c(Cl)cccc1-c1noc(C2CCN2C(=O)c2ccccc2-c2ccccc2)n1. The molecule has 1 fully saturated rings. The molecule has 1 aliphatic rings. The summed E-state index contributed by atoms with van der Waals surface area (Å²) in [5, 5.41) is 4.79. The summed E-state index contributed by atoms with van der Waals surface area (Å²) in [6.45, 7) is 2.58. The van der Waals surface area contributed by atoms with E-state index in [1.54, 1.807) is 4.90 Å². The zero-order valence-electron chi connectivity index (χ0n) is 17.0. The van der Waals surface area contributed by atoms with Crippen LogP contribution in [0.25, 0.3) is 22.5 Å². The number of carbonyl (C=O) groups is 1. The first-order chi connectivity index (χ1) is 15.1. The summed E-state index contributed by atoms with van der Waals surface area (Å²) < 4.78 is 5.55. The predicted molar refractivity (Wildman–Crippen MR) is 120 cm³/mol. The van der Waals surface area contributed by atoms with E-state index in [-0.39, 0.29) is 11.9 Å². The Labute approximate surface area is 185 Å². The number of rotatable bonds is 4. The summed E-state index contributed by atoms with van der Waals surface area (Å²) in [4.78, 5) is 19.8. The first kappa shape index (κ1) is 19.5. The average molecular weight is 430 g/mol. The Morgan fingerprint density at radius 3 is 2.52 bits per heavy atom. The second kappa shape index (κ2) is 8.00. The normalized spacial score (nSPS) is 15.5. The Morgan fingerprint density at radius 2 is 1.74 bits per heavy atom. The van der Waals surface area contributed by atoms with Gasteiger partial charge >= 0.3 is 0 Å². The summed E-state index contributed by atoms with van der Waals surface area (Å²) in [5.74, 6) is 0.902. The first-order valence-corrected chi connectivity index (χ1v) is 10.6. The minimum absolute atomic E-state index is 0.0330. The largest absolute Gasteiger partial charge is 0.337 e. The highest BCUT2D eigenvalue weighted by atomic mass is 35.5. The van der Waals surface area contributed by atoms with Crippen molar-refractivity contribution in [2.75, 3.05) is 6.54 Å². The molecule has 2 heterocycles. The van der Waals surface area contributed by atoms with E-state index in [0.717, 1.165) is 28.7 Å². The molecule has 1 atom stereocenters. The van der Waals surface area contributed by atoms with Gasteiger partial charge in [-0.25, -0.2) is 0 Å². The van der Waals surface area contributed by atoms with E-state index in [2.05, 4.69) is 10.1 Å². The molecule has 3 aromatic carbocycles. The van der Waals surface area contributed by atoms with Crippen molar-refractivity contribution in [3.05, 3.63) is 94.8 Å². The van der Waals surface area contributed by atoms with Crippen molar-refractivity contribution in [2.45, 2.75) is 19.4 Å². The van der Waals surface area contributed by atoms with Gasteiger partial charge in [0.15, 0.2) is 0 Å². The Balaban J connectivity index is 1.43. The number of likely N-dealkylation sites (tertiary alicyclic amines) is 1. The van der Waals surface area contributed by atoms with Crippen LogP contribution in [0.1, 0.15) is 34.3 Å². The number of carbonyl (C=O) groups excluding carboxylic acids is 1. The van der Waals surface area contributed by atoms with Gasteiger partial charge in [-0.3, -0.25) is 4.79 Å². The lowest BCUT2D eigenvalue weighted by Gasteiger charge is -2.38. The molecule has 5 rings (SSSR count). The minimum Gasteiger partial charge on any atom is -0.337 e. The van der Waals surface area contributed by atoms with Crippen LogP contribution in [0.5, 0.6) is 0 Å². The second-order valence-electron chi connectivity index (χ2n) is 7.58. The molecule has 0 aliphatic carbocycles. The van der Waals surface area contributed by atoms with E-state index in [9.17, 15) is 4.79 Å². The Bertz CT molecular complexity index is 1250. The van der Waals surface area contributed by atoms with E-state index in [1.165, 1.54) is 0 Å². The Kier molecular flexibility index (Phi) is 5.04. The summed E-state index contributed by atoms with van der Waals surface area (Å²) in [6, 6.07) is 23.0. The van der Waals surface area contributed by atoms with E-state index in [0.29, 0.717) is 28.8 Å². The first-order valence-electron chi connectivity index (χ1n) is 10.2. The van der Waals surface area contributed by atoms with Crippen LogP contribution in [-0.4, -0.2) is 27.5 Å². The topological polar surface area (TPSA) is 59.2 Å². The quantitative estimate of drug-likeness (QED) is 0.402. The number of halogens is 1. The highest BCUT2D eigenvalue weighted by molar-refractivity contribution is 6.31. The molecule has 0 radical (unpaired) electrons. The van der Waals surface area contributed by atoms with Crippen molar-refractivity contribution in [1.82, 2.24) is 15.0 Å². The summed E-state index contributed by atoms with van der Waals surface area (Å²) in [5.41, 5.74) is 4.33. The second-order valence-corrected chi connectivity index (χ2v) is 7.99. The molecular weight excluding hydrogens is 410 g/mol. The number of hydrogen-bond donors (Lipinski definition) is 0. The number of hydrogen-bond acceptors (Lipinski definition) is 4. The van der Waals surface area contributed by atoms with Crippen molar-refractivity contribution in [3.63, 3.8) is 0 Å². The van der Waals surface area contributed by atoms with E-state index in [4.69, 9.17) is 16.1 Å². The van der Waals surface area contributed by atoms with Crippen LogP contribution in [0.3, 0.4) is 0 Å². The Hall–Kier alpha value is -3.44. The maximum Gasteiger partial charge on any atom is 0.255 e. The zero-order chi connectivity index (χ0) is 21.4. The fourth-order valence-electron chi connectivity index (χ4n) is 3.91. The van der Waals surface area contributed by atoms with E-state index < -0.39 is 0 Å². The average Bonchev–Trinajstić information content (AvgIpc) is 3.24. The molecule has 0 spiro atoms. The number of nitrogens with zero attached hydrogens (tertiary/aromatic N) is 3. The van der Waals surface area contributed by atoms with Crippen LogP contribution in [0.15, 0.2) is 77.3 Å². The van der Waals surface area contributed by atoms with Crippen molar-refractivity contribution >= 4 is 17.5 Å². The molecule has 1 unspecified atom stereocenters. The molecule has 154 valence electrons. The van der Waals surface area contributed by atoms with Crippen LogP contribution in [0, 0.1) is 6.92 Å². The summed E-state index contributed by atoms with van der Waals surface area (Å²) >= 11 is 6.23. The van der Waals surface area contributed by atoms with E-state index in [1.807, 2.05) is 79.7 Å². The smallest absolute Gasteiger partial charge is 0.255 e. The maximum absolute atomic E-state index is 13.4. The maximum atomic E-state index is 13.4. The standard InChI is InChI=1S/C25H20ClN3O2/c1-16-18(12-7-13-21(16)26)23-27-24(31-28-23)22-14-15-29(22)25(30)20-11-6-5-10-19(20)17-8-3-2-4-9-17/h2-13,22H,14-15H2,1H3. The third-order valence-corrected chi connectivity index (χ3v) is 6.17. The van der Waals surface area contributed by atoms with Gasteiger partial charge < -0.3 is 9.42 Å². The van der Waals surface area contributed by atoms with Gasteiger partial charge in [-0.15, -0.1) is 0 Å². The summed E-state index contributed by atoms with van der Waals surface area (Å²) in [6.07, 6.45) is 0.787. The lowest BCUT2D eigenvalue weighted by atomic mass is 9.95. The molecule has 5 nitrogen and oxygen atoms in total. The number of benzene rings is 3. The number of amides is 1. The van der Waals surface area contributed by atoms with Gasteiger partial charge in [0, 0.05) is 22.7 Å². The zero-order valence-corrected chi connectivity index (χ0v) is 17.7. The monoisotopic (exact) mass is 429 g/mol. The molecular formula is C25H20ClN3O2. The van der Waals surface area contributed by atoms with Gasteiger partial charge in [-0.05, 0) is 42.2 Å². The molecule has 0 N–H and O–H groups in total. The fraction of sp³-hybridized carbons (Fsp3) is 0.160. The van der Waals surface area contributed by atoms with Gasteiger partial charge in [0.1, 0.15) is 6.04 Å². The van der Waals surface area contributed by atoms with Gasteiger partial charge in [-0.2, -0.15) is 4.98 Å². The fourth-order valence-corrected chi connectivity index (χ4v) is 4.09. The molecule has 1 amide bonds. The molecule has 6 heteroatoms. The third kappa shape index (κ3) is 3.51. The van der Waals surface area contributed by atoms with Gasteiger partial charge in [0.2, 0.25) is 11.7 Å². The Morgan fingerprint density at radius 1 is 1.00 bits per heavy atom. The van der Waals surface area contributed by atoms with Crippen LogP contribution in [0.2, 0.25) is 5.02 Å². The highest BCUT2D eigenvalue weighted by Gasteiger charge is 2.38. The van der Waals surface area contributed by atoms with Crippen molar-refractivity contribution in [2.24, 2.45) is 0 Å². The van der Waals surface area contributed by atoms with Crippen LogP contribution < -0.4 is 0 Å². The molecule has 0 saturated carbocycles.